The van der Waals surface area contributed by atoms with Gasteiger partial charge in [0.1, 0.15) is 5.75 Å². The van der Waals surface area contributed by atoms with Gasteiger partial charge < -0.3 is 4.18 Å². The molecule has 0 amide bonds. The van der Waals surface area contributed by atoms with E-state index in [0.717, 1.165) is 38.4 Å². The zero-order valence-corrected chi connectivity index (χ0v) is 14.9. The van der Waals surface area contributed by atoms with Crippen molar-refractivity contribution in [3.8, 4) is 5.75 Å². The number of para-hydroxylation sites is 1. The van der Waals surface area contributed by atoms with Gasteiger partial charge in [0.15, 0.2) is 0 Å². The van der Waals surface area contributed by atoms with Crippen LogP contribution in [0.1, 0.15) is 5.69 Å². The van der Waals surface area contributed by atoms with Gasteiger partial charge in [-0.2, -0.15) is 8.42 Å². The van der Waals surface area contributed by atoms with Crippen LogP contribution < -0.4 is 4.18 Å². The molecule has 2 aromatic rings. The van der Waals surface area contributed by atoms with E-state index in [-0.39, 0.29) is 5.75 Å². The standard InChI is InChI=1S/C18H23N3O3S/c22-25(23,24-18-7-2-1-3-8-18)15-14-20-10-12-21(13-11-20)16-17-6-4-5-9-19-17/h1-9H,10-16H2. The highest BCUT2D eigenvalue weighted by molar-refractivity contribution is 7.87. The maximum Gasteiger partial charge on any atom is 0.310 e. The molecule has 0 atom stereocenters. The first-order valence-corrected chi connectivity index (χ1v) is 10.0. The summed E-state index contributed by atoms with van der Waals surface area (Å²) in [5.74, 6) is 0.366. The second-order valence-electron chi connectivity index (χ2n) is 6.10. The van der Waals surface area contributed by atoms with Gasteiger partial charge in [0.2, 0.25) is 0 Å². The van der Waals surface area contributed by atoms with Crippen molar-refractivity contribution in [1.82, 2.24) is 14.8 Å². The molecule has 1 aliphatic heterocycles. The SMILES string of the molecule is O=S(=O)(CCN1CCN(Cc2ccccn2)CC1)Oc1ccccc1. The van der Waals surface area contributed by atoms with Crippen LogP contribution >= 0.6 is 0 Å². The topological polar surface area (TPSA) is 62.7 Å². The van der Waals surface area contributed by atoms with Crippen LogP contribution in [0.3, 0.4) is 0 Å². The number of piperazine rings is 1. The molecule has 0 aliphatic carbocycles. The quantitative estimate of drug-likeness (QED) is 0.698. The summed E-state index contributed by atoms with van der Waals surface area (Å²) >= 11 is 0. The Morgan fingerprint density at radius 3 is 2.28 bits per heavy atom. The van der Waals surface area contributed by atoms with Gasteiger partial charge in [-0.25, -0.2) is 0 Å². The zero-order valence-electron chi connectivity index (χ0n) is 14.1. The minimum atomic E-state index is -3.56. The summed E-state index contributed by atoms with van der Waals surface area (Å²) < 4.78 is 29.3. The summed E-state index contributed by atoms with van der Waals surface area (Å²) in [6.45, 7) is 4.87. The fourth-order valence-electron chi connectivity index (χ4n) is 2.80. The normalized spacial score (nSPS) is 16.6. The summed E-state index contributed by atoms with van der Waals surface area (Å²) in [7, 11) is -3.56. The molecular formula is C18H23N3O3S. The Balaban J connectivity index is 1.41. The summed E-state index contributed by atoms with van der Waals surface area (Å²) in [5.41, 5.74) is 1.06. The van der Waals surface area contributed by atoms with Gasteiger partial charge in [0.05, 0.1) is 11.4 Å². The molecular weight excluding hydrogens is 338 g/mol. The highest BCUT2D eigenvalue weighted by Gasteiger charge is 2.20. The van der Waals surface area contributed by atoms with Gasteiger partial charge >= 0.3 is 10.1 Å². The average Bonchev–Trinajstić information content (AvgIpc) is 2.63. The highest BCUT2D eigenvalue weighted by Crippen LogP contribution is 2.12. The van der Waals surface area contributed by atoms with Crippen molar-refractivity contribution in [2.24, 2.45) is 0 Å². The molecule has 134 valence electrons. The summed E-state index contributed by atoms with van der Waals surface area (Å²) in [5, 5.41) is 0. The molecule has 0 bridgehead atoms. The number of hydrogen-bond acceptors (Lipinski definition) is 6. The molecule has 0 saturated carbocycles. The lowest BCUT2D eigenvalue weighted by Gasteiger charge is -2.34. The summed E-state index contributed by atoms with van der Waals surface area (Å²) in [4.78, 5) is 8.86. The molecule has 25 heavy (non-hydrogen) atoms. The van der Waals surface area contributed by atoms with Crippen molar-refractivity contribution in [3.05, 3.63) is 60.4 Å². The number of rotatable bonds is 7. The fourth-order valence-corrected chi connectivity index (χ4v) is 3.77. The Hall–Kier alpha value is -1.96. The van der Waals surface area contributed by atoms with Crippen LogP contribution in [0.15, 0.2) is 54.7 Å². The van der Waals surface area contributed by atoms with Crippen LogP contribution in [0.25, 0.3) is 0 Å². The van der Waals surface area contributed by atoms with Crippen molar-refractivity contribution in [1.29, 1.82) is 0 Å². The summed E-state index contributed by atoms with van der Waals surface area (Å²) in [6, 6.07) is 14.6. The van der Waals surface area contributed by atoms with Crippen LogP contribution in [0, 0.1) is 0 Å². The van der Waals surface area contributed by atoms with Gasteiger partial charge in [-0.3, -0.25) is 14.8 Å². The van der Waals surface area contributed by atoms with Gasteiger partial charge in [-0.1, -0.05) is 24.3 Å². The Bertz CT molecular complexity index is 746. The van der Waals surface area contributed by atoms with Crippen LogP contribution in [0.2, 0.25) is 0 Å². The predicted molar refractivity (Wildman–Crippen MR) is 96.8 cm³/mol. The summed E-state index contributed by atoms with van der Waals surface area (Å²) in [6.07, 6.45) is 1.81. The van der Waals surface area contributed by atoms with E-state index >= 15 is 0 Å². The molecule has 0 unspecified atom stereocenters. The molecule has 2 heterocycles. The molecule has 0 N–H and O–H groups in total. The fraction of sp³-hybridized carbons (Fsp3) is 0.389. The van der Waals surface area contributed by atoms with E-state index in [0.29, 0.717) is 12.3 Å². The van der Waals surface area contributed by atoms with Crippen molar-refractivity contribution in [2.45, 2.75) is 6.54 Å². The minimum absolute atomic E-state index is 0.00212. The minimum Gasteiger partial charge on any atom is -0.382 e. The monoisotopic (exact) mass is 361 g/mol. The molecule has 1 aromatic carbocycles. The van der Waals surface area contributed by atoms with E-state index in [2.05, 4.69) is 14.8 Å². The van der Waals surface area contributed by atoms with Crippen LogP contribution in [-0.4, -0.2) is 61.7 Å². The van der Waals surface area contributed by atoms with Gasteiger partial charge in [0.25, 0.3) is 0 Å². The molecule has 1 fully saturated rings. The number of aromatic nitrogens is 1. The van der Waals surface area contributed by atoms with Crippen LogP contribution in [0.5, 0.6) is 5.75 Å². The third-order valence-corrected chi connectivity index (χ3v) is 5.33. The number of nitrogens with zero attached hydrogens (tertiary/aromatic N) is 3. The largest absolute Gasteiger partial charge is 0.382 e. The Labute approximate surface area is 149 Å². The Morgan fingerprint density at radius 1 is 0.920 bits per heavy atom. The lowest BCUT2D eigenvalue weighted by molar-refractivity contribution is 0.131. The Kier molecular flexibility index (Phi) is 6.01. The third kappa shape index (κ3) is 5.81. The van der Waals surface area contributed by atoms with E-state index in [1.165, 1.54) is 0 Å². The van der Waals surface area contributed by atoms with E-state index in [1.807, 2.05) is 30.5 Å². The molecule has 7 heteroatoms. The third-order valence-electron chi connectivity index (χ3n) is 4.20. The maximum absolute atomic E-state index is 12.1. The van der Waals surface area contributed by atoms with Crippen LogP contribution in [-0.2, 0) is 16.7 Å². The van der Waals surface area contributed by atoms with Gasteiger partial charge in [-0.05, 0) is 24.3 Å². The molecule has 3 rings (SSSR count). The second kappa shape index (κ2) is 8.42. The molecule has 0 radical (unpaired) electrons. The first-order valence-electron chi connectivity index (χ1n) is 8.42. The first-order chi connectivity index (χ1) is 12.1. The van der Waals surface area contributed by atoms with Gasteiger partial charge in [0, 0.05) is 45.5 Å². The lowest BCUT2D eigenvalue weighted by atomic mass is 10.2. The van der Waals surface area contributed by atoms with Crippen molar-refractivity contribution < 1.29 is 12.6 Å². The smallest absolute Gasteiger partial charge is 0.310 e. The molecule has 0 spiro atoms. The average molecular weight is 361 g/mol. The number of hydrogen-bond donors (Lipinski definition) is 0. The molecule has 6 nitrogen and oxygen atoms in total. The van der Waals surface area contributed by atoms with E-state index < -0.39 is 10.1 Å². The van der Waals surface area contributed by atoms with Crippen molar-refractivity contribution in [2.75, 3.05) is 38.5 Å². The Morgan fingerprint density at radius 2 is 1.60 bits per heavy atom. The predicted octanol–water partition coefficient (Wildman–Crippen LogP) is 1.61. The maximum atomic E-state index is 12.1. The lowest BCUT2D eigenvalue weighted by Crippen LogP contribution is -2.47. The number of pyridine rings is 1. The molecule has 1 aromatic heterocycles. The first kappa shape index (κ1) is 17.8. The van der Waals surface area contributed by atoms with E-state index in [1.54, 1.807) is 24.3 Å². The molecule has 1 saturated heterocycles. The van der Waals surface area contributed by atoms with E-state index in [4.69, 9.17) is 4.18 Å². The van der Waals surface area contributed by atoms with Gasteiger partial charge in [-0.15, -0.1) is 0 Å². The zero-order chi connectivity index (χ0) is 17.5. The van der Waals surface area contributed by atoms with E-state index in [9.17, 15) is 8.42 Å². The number of benzene rings is 1. The van der Waals surface area contributed by atoms with Crippen molar-refractivity contribution >= 4 is 10.1 Å². The second-order valence-corrected chi connectivity index (χ2v) is 7.79. The molecule has 1 aliphatic rings. The van der Waals surface area contributed by atoms with Crippen molar-refractivity contribution in [3.63, 3.8) is 0 Å². The van der Waals surface area contributed by atoms with Crippen LogP contribution in [0.4, 0.5) is 0 Å². The highest BCUT2D eigenvalue weighted by atomic mass is 32.2.